The van der Waals surface area contributed by atoms with Crippen molar-refractivity contribution in [2.24, 2.45) is 4.99 Å². The van der Waals surface area contributed by atoms with E-state index >= 15 is 0 Å². The number of amides is 1. The van der Waals surface area contributed by atoms with E-state index in [0.29, 0.717) is 12.1 Å². The molecule has 0 saturated heterocycles. The molecule has 0 heterocycles. The molecule has 0 unspecified atom stereocenters. The number of guanidine groups is 1. The molecule has 0 spiro atoms. The molecule has 0 atom stereocenters. The molecule has 0 aliphatic rings. The van der Waals surface area contributed by atoms with E-state index in [4.69, 9.17) is 0 Å². The van der Waals surface area contributed by atoms with Crippen molar-refractivity contribution in [2.75, 3.05) is 34.7 Å². The first-order valence-electron chi connectivity index (χ1n) is 7.72. The fourth-order valence-electron chi connectivity index (χ4n) is 2.09. The van der Waals surface area contributed by atoms with E-state index in [1.807, 2.05) is 31.3 Å². The molecule has 1 amide bonds. The van der Waals surface area contributed by atoms with Gasteiger partial charge in [0.05, 0.1) is 0 Å². The Balaban J connectivity index is 0.00000484. The van der Waals surface area contributed by atoms with Crippen molar-refractivity contribution < 1.29 is 4.79 Å². The van der Waals surface area contributed by atoms with Crippen molar-refractivity contribution in [3.63, 3.8) is 0 Å². The van der Waals surface area contributed by atoms with Crippen molar-refractivity contribution in [1.82, 2.24) is 15.1 Å². The number of nitrogens with one attached hydrogen (secondary N) is 1. The average molecular weight is 432 g/mol. The van der Waals surface area contributed by atoms with Crippen LogP contribution in [0.15, 0.2) is 29.3 Å². The second-order valence-electron chi connectivity index (χ2n) is 5.57. The Kier molecular flexibility index (Phi) is 10.6. The summed E-state index contributed by atoms with van der Waals surface area (Å²) >= 11 is 0. The first-order valence-corrected chi connectivity index (χ1v) is 7.72. The van der Waals surface area contributed by atoms with Gasteiger partial charge >= 0.3 is 0 Å². The maximum absolute atomic E-state index is 11.8. The lowest BCUT2D eigenvalue weighted by molar-refractivity contribution is 0.0827. The number of carbonyl (C=O) groups excluding carboxylic acids is 1. The van der Waals surface area contributed by atoms with Crippen LogP contribution in [0.5, 0.6) is 0 Å². The molecule has 0 aliphatic heterocycles. The minimum atomic E-state index is 0. The number of rotatable bonds is 6. The number of halogens is 1. The number of hydrogen-bond donors (Lipinski definition) is 1. The maximum Gasteiger partial charge on any atom is 0.253 e. The normalized spacial score (nSPS) is 10.7. The van der Waals surface area contributed by atoms with E-state index in [1.54, 1.807) is 26.0 Å². The van der Waals surface area contributed by atoms with Gasteiger partial charge in [-0.15, -0.1) is 24.0 Å². The van der Waals surface area contributed by atoms with E-state index in [0.717, 1.165) is 24.5 Å². The van der Waals surface area contributed by atoms with Crippen molar-refractivity contribution in [3.8, 4) is 0 Å². The number of aliphatic imine (C=N–C) groups is 1. The number of hydrogen-bond acceptors (Lipinski definition) is 2. The molecule has 1 aromatic carbocycles. The Hall–Kier alpha value is -1.31. The molecule has 0 saturated carbocycles. The third-order valence-electron chi connectivity index (χ3n) is 3.48. The highest BCUT2D eigenvalue weighted by Gasteiger charge is 2.08. The lowest BCUT2D eigenvalue weighted by atomic mass is 10.1. The molecule has 6 heteroatoms. The third-order valence-corrected chi connectivity index (χ3v) is 3.48. The summed E-state index contributed by atoms with van der Waals surface area (Å²) in [7, 11) is 7.36. The number of unbranched alkanes of at least 4 members (excludes halogenated alkanes) is 1. The number of nitrogens with zero attached hydrogens (tertiary/aromatic N) is 3. The van der Waals surface area contributed by atoms with E-state index in [-0.39, 0.29) is 29.9 Å². The van der Waals surface area contributed by atoms with E-state index in [9.17, 15) is 4.79 Å². The second kappa shape index (κ2) is 11.3. The molecule has 0 aromatic heterocycles. The first-order chi connectivity index (χ1) is 10.5. The van der Waals surface area contributed by atoms with Crippen molar-refractivity contribution >= 4 is 35.8 Å². The average Bonchev–Trinajstić information content (AvgIpc) is 2.53. The summed E-state index contributed by atoms with van der Waals surface area (Å²) in [6.45, 7) is 3.87. The van der Waals surface area contributed by atoms with E-state index in [2.05, 4.69) is 22.1 Å². The summed E-state index contributed by atoms with van der Waals surface area (Å²) in [6.07, 6.45) is 2.32. The fraction of sp³-hybridized carbons (Fsp3) is 0.529. The van der Waals surface area contributed by atoms with E-state index < -0.39 is 0 Å². The summed E-state index contributed by atoms with van der Waals surface area (Å²) in [5.41, 5.74) is 1.83. The highest BCUT2D eigenvalue weighted by Crippen LogP contribution is 2.06. The van der Waals surface area contributed by atoms with Crippen molar-refractivity contribution in [3.05, 3.63) is 35.4 Å². The predicted molar refractivity (Wildman–Crippen MR) is 108 cm³/mol. The molecule has 1 rings (SSSR count). The predicted octanol–water partition coefficient (Wildman–Crippen LogP) is 2.81. The number of benzene rings is 1. The Morgan fingerprint density at radius 3 is 2.26 bits per heavy atom. The summed E-state index contributed by atoms with van der Waals surface area (Å²) in [6, 6.07) is 7.68. The SMILES string of the molecule is CCCCN(C)C(=NC)NCc1ccc(C(=O)N(C)C)cc1.I. The van der Waals surface area contributed by atoms with Crippen LogP contribution in [0.4, 0.5) is 0 Å². The fourth-order valence-corrected chi connectivity index (χ4v) is 2.09. The van der Waals surface area contributed by atoms with Gasteiger partial charge < -0.3 is 15.1 Å². The van der Waals surface area contributed by atoms with Crippen LogP contribution in [-0.2, 0) is 6.54 Å². The Morgan fingerprint density at radius 1 is 1.17 bits per heavy atom. The van der Waals surface area contributed by atoms with Gasteiger partial charge in [0.15, 0.2) is 5.96 Å². The van der Waals surface area contributed by atoms with Gasteiger partial charge in [-0.3, -0.25) is 9.79 Å². The highest BCUT2D eigenvalue weighted by atomic mass is 127. The Bertz CT molecular complexity index is 500. The van der Waals surface area contributed by atoms with Crippen LogP contribution in [0.1, 0.15) is 35.7 Å². The van der Waals surface area contributed by atoms with Crippen LogP contribution in [0.3, 0.4) is 0 Å². The smallest absolute Gasteiger partial charge is 0.253 e. The largest absolute Gasteiger partial charge is 0.352 e. The number of carbonyl (C=O) groups is 1. The van der Waals surface area contributed by atoms with Crippen LogP contribution in [0.25, 0.3) is 0 Å². The Morgan fingerprint density at radius 2 is 1.78 bits per heavy atom. The standard InChI is InChI=1S/C17H28N4O.HI/c1-6-7-12-21(5)17(18-2)19-13-14-8-10-15(11-9-14)16(22)20(3)4;/h8-11H,6-7,12-13H2,1-5H3,(H,18,19);1H. The maximum atomic E-state index is 11.8. The van der Waals surface area contributed by atoms with Gasteiger partial charge in [0, 0.05) is 46.8 Å². The van der Waals surface area contributed by atoms with Crippen LogP contribution in [-0.4, -0.2) is 56.4 Å². The molecule has 1 N–H and O–H groups in total. The lowest BCUT2D eigenvalue weighted by Gasteiger charge is -2.22. The zero-order chi connectivity index (χ0) is 16.5. The first kappa shape index (κ1) is 21.7. The van der Waals surface area contributed by atoms with Gasteiger partial charge in [0.1, 0.15) is 0 Å². The van der Waals surface area contributed by atoms with Gasteiger partial charge in [-0.2, -0.15) is 0 Å². The van der Waals surface area contributed by atoms with Gasteiger partial charge in [0.25, 0.3) is 5.91 Å². The summed E-state index contributed by atoms with van der Waals surface area (Å²) < 4.78 is 0. The summed E-state index contributed by atoms with van der Waals surface area (Å²) in [4.78, 5) is 19.9. The lowest BCUT2D eigenvalue weighted by Crippen LogP contribution is -2.38. The molecule has 130 valence electrons. The van der Waals surface area contributed by atoms with Crippen LogP contribution in [0.2, 0.25) is 0 Å². The Labute approximate surface area is 157 Å². The molecule has 0 bridgehead atoms. The quantitative estimate of drug-likeness (QED) is 0.427. The van der Waals surface area contributed by atoms with Crippen LogP contribution < -0.4 is 5.32 Å². The summed E-state index contributed by atoms with van der Waals surface area (Å²) in [5.74, 6) is 0.913. The molecular weight excluding hydrogens is 403 g/mol. The molecule has 1 aromatic rings. The second-order valence-corrected chi connectivity index (χ2v) is 5.57. The minimum Gasteiger partial charge on any atom is -0.352 e. The van der Waals surface area contributed by atoms with Crippen LogP contribution >= 0.6 is 24.0 Å². The molecule has 5 nitrogen and oxygen atoms in total. The molecular formula is C17H29IN4O. The summed E-state index contributed by atoms with van der Waals surface area (Å²) in [5, 5.41) is 3.35. The molecule has 0 aliphatic carbocycles. The monoisotopic (exact) mass is 432 g/mol. The highest BCUT2D eigenvalue weighted by molar-refractivity contribution is 14.0. The molecule has 0 radical (unpaired) electrons. The zero-order valence-corrected chi connectivity index (χ0v) is 17.1. The van der Waals surface area contributed by atoms with Gasteiger partial charge in [-0.05, 0) is 24.1 Å². The van der Waals surface area contributed by atoms with Gasteiger partial charge in [-0.25, -0.2) is 0 Å². The van der Waals surface area contributed by atoms with E-state index in [1.165, 1.54) is 6.42 Å². The van der Waals surface area contributed by atoms with Gasteiger partial charge in [0.2, 0.25) is 0 Å². The minimum absolute atomic E-state index is 0. The topological polar surface area (TPSA) is 47.9 Å². The van der Waals surface area contributed by atoms with Crippen LogP contribution in [0, 0.1) is 0 Å². The molecule has 0 fully saturated rings. The van der Waals surface area contributed by atoms with Crippen molar-refractivity contribution in [1.29, 1.82) is 0 Å². The van der Waals surface area contributed by atoms with Crippen molar-refractivity contribution in [2.45, 2.75) is 26.3 Å². The zero-order valence-electron chi connectivity index (χ0n) is 14.8. The van der Waals surface area contributed by atoms with Gasteiger partial charge in [-0.1, -0.05) is 25.5 Å². The molecule has 23 heavy (non-hydrogen) atoms. The third kappa shape index (κ3) is 7.20.